The van der Waals surface area contributed by atoms with Gasteiger partial charge in [0.2, 0.25) is 5.91 Å². The number of para-hydroxylation sites is 1. The second-order valence-corrected chi connectivity index (χ2v) is 6.46. The van der Waals surface area contributed by atoms with Crippen LogP contribution in [0.5, 0.6) is 0 Å². The van der Waals surface area contributed by atoms with Crippen LogP contribution >= 0.6 is 0 Å². The minimum Gasteiger partial charge on any atom is -0.377 e. The Bertz CT molecular complexity index is 748. The minimum absolute atomic E-state index is 0.0600. The molecule has 1 unspecified atom stereocenters. The van der Waals surface area contributed by atoms with Gasteiger partial charge in [0, 0.05) is 19.7 Å². The van der Waals surface area contributed by atoms with Crippen LogP contribution in [0.15, 0.2) is 48.5 Å². The van der Waals surface area contributed by atoms with E-state index < -0.39 is 5.82 Å². The van der Waals surface area contributed by atoms with Gasteiger partial charge in [-0.05, 0) is 42.7 Å². The highest BCUT2D eigenvalue weighted by Gasteiger charge is 2.21. The summed E-state index contributed by atoms with van der Waals surface area (Å²) >= 11 is 0. The van der Waals surface area contributed by atoms with Crippen LogP contribution in [0.3, 0.4) is 0 Å². The van der Waals surface area contributed by atoms with Gasteiger partial charge in [-0.2, -0.15) is 0 Å². The number of amides is 1. The third-order valence-electron chi connectivity index (χ3n) is 4.30. The first-order valence-corrected chi connectivity index (χ1v) is 8.73. The molecule has 3 rings (SSSR count). The highest BCUT2D eigenvalue weighted by Crippen LogP contribution is 2.16. The van der Waals surface area contributed by atoms with Gasteiger partial charge in [0.05, 0.1) is 18.3 Å². The highest BCUT2D eigenvalue weighted by molar-refractivity contribution is 5.92. The molecule has 1 fully saturated rings. The smallest absolute Gasteiger partial charge is 0.238 e. The molecule has 6 heteroatoms. The van der Waals surface area contributed by atoms with Crippen LogP contribution in [-0.4, -0.2) is 36.6 Å². The van der Waals surface area contributed by atoms with E-state index in [1.54, 1.807) is 18.2 Å². The van der Waals surface area contributed by atoms with Crippen molar-refractivity contribution in [3.05, 3.63) is 65.7 Å². The molecule has 1 aliphatic rings. The molecule has 4 nitrogen and oxygen atoms in total. The quantitative estimate of drug-likeness (QED) is 0.821. The topological polar surface area (TPSA) is 41.6 Å². The van der Waals surface area contributed by atoms with Gasteiger partial charge in [-0.1, -0.05) is 24.3 Å². The standard InChI is InChI=1S/C20H22F2N2O2/c21-16-6-3-5-15(11-16)12-24(13-17-7-4-10-26-17)14-20(25)23-19-9-2-1-8-18(19)22/h1-3,5-6,8-9,11,17H,4,7,10,12-14H2,(H,23,25). The number of halogens is 2. The van der Waals surface area contributed by atoms with E-state index in [-0.39, 0.29) is 30.1 Å². The molecule has 1 saturated heterocycles. The molecule has 138 valence electrons. The number of hydrogen-bond acceptors (Lipinski definition) is 3. The summed E-state index contributed by atoms with van der Waals surface area (Å²) in [7, 11) is 0. The molecule has 1 aliphatic heterocycles. The van der Waals surface area contributed by atoms with E-state index in [0.717, 1.165) is 25.0 Å². The molecule has 0 spiro atoms. The van der Waals surface area contributed by atoms with Crippen molar-refractivity contribution in [2.75, 3.05) is 25.0 Å². The van der Waals surface area contributed by atoms with Gasteiger partial charge in [-0.15, -0.1) is 0 Å². The molecule has 1 N–H and O–H groups in total. The maximum Gasteiger partial charge on any atom is 0.238 e. The third-order valence-corrected chi connectivity index (χ3v) is 4.30. The Morgan fingerprint density at radius 2 is 2.04 bits per heavy atom. The highest BCUT2D eigenvalue weighted by atomic mass is 19.1. The maximum atomic E-state index is 13.7. The average Bonchev–Trinajstić information content (AvgIpc) is 3.10. The zero-order valence-electron chi connectivity index (χ0n) is 14.5. The van der Waals surface area contributed by atoms with Crippen molar-refractivity contribution in [2.24, 2.45) is 0 Å². The van der Waals surface area contributed by atoms with E-state index in [1.807, 2.05) is 11.0 Å². The number of rotatable bonds is 7. The van der Waals surface area contributed by atoms with E-state index >= 15 is 0 Å². The van der Waals surface area contributed by atoms with Crippen LogP contribution in [0, 0.1) is 11.6 Å². The van der Waals surface area contributed by atoms with Gasteiger partial charge in [0.1, 0.15) is 11.6 Å². The number of anilines is 1. The van der Waals surface area contributed by atoms with Gasteiger partial charge in [-0.25, -0.2) is 8.78 Å². The second kappa shape index (κ2) is 8.87. The van der Waals surface area contributed by atoms with Gasteiger partial charge in [0.25, 0.3) is 0 Å². The first-order valence-electron chi connectivity index (χ1n) is 8.73. The number of nitrogens with zero attached hydrogens (tertiary/aromatic N) is 1. The molecular weight excluding hydrogens is 338 g/mol. The predicted octanol–water partition coefficient (Wildman–Crippen LogP) is 3.58. The summed E-state index contributed by atoms with van der Waals surface area (Å²) < 4.78 is 32.8. The molecule has 1 atom stereocenters. The maximum absolute atomic E-state index is 13.7. The molecule has 1 heterocycles. The lowest BCUT2D eigenvalue weighted by atomic mass is 10.1. The Morgan fingerprint density at radius 1 is 1.19 bits per heavy atom. The van der Waals surface area contributed by atoms with E-state index in [0.29, 0.717) is 13.1 Å². The Labute approximate surface area is 151 Å². The van der Waals surface area contributed by atoms with Gasteiger partial charge >= 0.3 is 0 Å². The van der Waals surface area contributed by atoms with Crippen molar-refractivity contribution < 1.29 is 18.3 Å². The van der Waals surface area contributed by atoms with Crippen LogP contribution in [0.25, 0.3) is 0 Å². The Kier molecular flexibility index (Phi) is 6.30. The van der Waals surface area contributed by atoms with Crippen molar-refractivity contribution in [1.82, 2.24) is 4.90 Å². The number of hydrogen-bond donors (Lipinski definition) is 1. The number of nitrogens with one attached hydrogen (secondary N) is 1. The molecule has 0 aromatic heterocycles. The summed E-state index contributed by atoms with van der Waals surface area (Å²) in [4.78, 5) is 14.3. The van der Waals surface area contributed by atoms with Crippen LogP contribution in [-0.2, 0) is 16.1 Å². The van der Waals surface area contributed by atoms with Crippen LogP contribution in [0.2, 0.25) is 0 Å². The fraction of sp³-hybridized carbons (Fsp3) is 0.350. The minimum atomic E-state index is -0.475. The van der Waals surface area contributed by atoms with Crippen LogP contribution < -0.4 is 5.32 Å². The lowest BCUT2D eigenvalue weighted by molar-refractivity contribution is -0.117. The molecule has 2 aromatic carbocycles. The van der Waals surface area contributed by atoms with Gasteiger partial charge < -0.3 is 10.1 Å². The van der Waals surface area contributed by atoms with Gasteiger partial charge in [-0.3, -0.25) is 9.69 Å². The van der Waals surface area contributed by atoms with Crippen molar-refractivity contribution in [1.29, 1.82) is 0 Å². The Hall–Kier alpha value is -2.31. The average molecular weight is 360 g/mol. The summed E-state index contributed by atoms with van der Waals surface area (Å²) in [5, 5.41) is 2.59. The lowest BCUT2D eigenvalue weighted by Crippen LogP contribution is -2.38. The second-order valence-electron chi connectivity index (χ2n) is 6.46. The van der Waals surface area contributed by atoms with E-state index in [4.69, 9.17) is 4.74 Å². The number of carbonyl (C=O) groups excluding carboxylic acids is 1. The van der Waals surface area contributed by atoms with Crippen LogP contribution in [0.1, 0.15) is 18.4 Å². The summed E-state index contributed by atoms with van der Waals surface area (Å²) in [6.45, 7) is 1.79. The molecule has 0 bridgehead atoms. The summed E-state index contributed by atoms with van der Waals surface area (Å²) in [6, 6.07) is 12.4. The van der Waals surface area contributed by atoms with E-state index in [9.17, 15) is 13.6 Å². The molecule has 0 saturated carbocycles. The zero-order valence-corrected chi connectivity index (χ0v) is 14.5. The molecule has 1 amide bonds. The zero-order chi connectivity index (χ0) is 18.4. The first-order chi connectivity index (χ1) is 12.6. The Balaban J connectivity index is 1.65. The molecule has 0 aliphatic carbocycles. The number of carbonyl (C=O) groups is 1. The number of benzene rings is 2. The predicted molar refractivity (Wildman–Crippen MR) is 95.7 cm³/mol. The SMILES string of the molecule is O=C(CN(Cc1cccc(F)c1)CC1CCCO1)Nc1ccccc1F. The summed E-state index contributed by atoms with van der Waals surface area (Å²) in [6.07, 6.45) is 2.00. The molecular formula is C20H22F2N2O2. The fourth-order valence-electron chi connectivity index (χ4n) is 3.11. The third kappa shape index (κ3) is 5.34. The number of ether oxygens (including phenoxy) is 1. The molecule has 26 heavy (non-hydrogen) atoms. The van der Waals surface area contributed by atoms with E-state index in [2.05, 4.69) is 5.32 Å². The van der Waals surface area contributed by atoms with Crippen molar-refractivity contribution >= 4 is 11.6 Å². The Morgan fingerprint density at radius 3 is 2.77 bits per heavy atom. The van der Waals surface area contributed by atoms with E-state index in [1.165, 1.54) is 24.3 Å². The monoisotopic (exact) mass is 360 g/mol. The van der Waals surface area contributed by atoms with Gasteiger partial charge in [0.15, 0.2) is 0 Å². The molecule has 2 aromatic rings. The lowest BCUT2D eigenvalue weighted by Gasteiger charge is -2.25. The van der Waals surface area contributed by atoms with Crippen LogP contribution in [0.4, 0.5) is 14.5 Å². The normalized spacial score (nSPS) is 16.8. The summed E-state index contributed by atoms with van der Waals surface area (Å²) in [5.41, 5.74) is 0.932. The largest absolute Gasteiger partial charge is 0.377 e. The first kappa shape index (κ1) is 18.5. The fourth-order valence-corrected chi connectivity index (χ4v) is 3.11. The summed E-state index contributed by atoms with van der Waals surface area (Å²) in [5.74, 6) is -1.10. The van der Waals surface area contributed by atoms with Crippen molar-refractivity contribution in [3.63, 3.8) is 0 Å². The molecule has 0 radical (unpaired) electrons. The van der Waals surface area contributed by atoms with Crippen molar-refractivity contribution in [2.45, 2.75) is 25.5 Å². The van der Waals surface area contributed by atoms with Crippen molar-refractivity contribution in [3.8, 4) is 0 Å².